The van der Waals surface area contributed by atoms with Crippen LogP contribution in [0.5, 0.6) is 0 Å². The zero-order valence-corrected chi connectivity index (χ0v) is 15.8. The van der Waals surface area contributed by atoms with Crippen LogP contribution in [0.1, 0.15) is 22.3 Å². The Morgan fingerprint density at radius 1 is 1.00 bits per heavy atom. The number of quaternary nitrogens is 1. The lowest BCUT2D eigenvalue weighted by molar-refractivity contribution is -0.733. The van der Waals surface area contributed by atoms with Gasteiger partial charge in [0, 0.05) is 12.0 Å². The number of carbonyl (C=O) groups is 3. The van der Waals surface area contributed by atoms with E-state index in [1.54, 1.807) is 0 Å². The van der Waals surface area contributed by atoms with Crippen LogP contribution in [0.15, 0.2) is 42.5 Å². The van der Waals surface area contributed by atoms with E-state index in [0.29, 0.717) is 6.42 Å². The molecule has 3 amide bonds. The highest BCUT2D eigenvalue weighted by Gasteiger charge is 2.72. The Balaban J connectivity index is 1.66. The first kappa shape index (κ1) is 17.1. The molecule has 28 heavy (non-hydrogen) atoms. The van der Waals surface area contributed by atoms with Gasteiger partial charge in [-0.05, 0) is 31.0 Å². The summed E-state index contributed by atoms with van der Waals surface area (Å²) in [5, 5.41) is 7.46. The minimum Gasteiger partial charge on any atom is -0.326 e. The van der Waals surface area contributed by atoms with Crippen LogP contribution in [-0.2, 0) is 26.3 Å². The number of nitrogens with one attached hydrogen (secondary N) is 2. The quantitative estimate of drug-likeness (QED) is 0.668. The summed E-state index contributed by atoms with van der Waals surface area (Å²) in [6, 6.07) is 13.7. The Morgan fingerprint density at radius 3 is 2.50 bits per heavy atom. The van der Waals surface area contributed by atoms with E-state index in [0.717, 1.165) is 27.9 Å². The van der Waals surface area contributed by atoms with Gasteiger partial charge in [0.05, 0.1) is 5.69 Å². The zero-order valence-electron chi connectivity index (χ0n) is 15.8. The van der Waals surface area contributed by atoms with Gasteiger partial charge >= 0.3 is 0 Å². The van der Waals surface area contributed by atoms with Crippen LogP contribution in [0.2, 0.25) is 0 Å². The SMILES string of the molecule is Cc1cc(C)c2c(c1)[C@@]1([NH2+][C@@H](Cc3ccccc3)[C@H]3C(=O)NC(=O)[C@H]31)C(=O)N2. The fraction of sp³-hybridized carbons (Fsp3) is 0.318. The predicted molar refractivity (Wildman–Crippen MR) is 102 cm³/mol. The molecular weight excluding hydrogens is 354 g/mol. The molecule has 0 unspecified atom stereocenters. The van der Waals surface area contributed by atoms with Crippen molar-refractivity contribution in [3.63, 3.8) is 0 Å². The number of hydrogen-bond acceptors (Lipinski definition) is 3. The minimum atomic E-state index is -1.09. The summed E-state index contributed by atoms with van der Waals surface area (Å²) < 4.78 is 0. The second-order valence-corrected chi connectivity index (χ2v) is 8.20. The number of rotatable bonds is 2. The van der Waals surface area contributed by atoms with Crippen LogP contribution >= 0.6 is 0 Å². The van der Waals surface area contributed by atoms with Gasteiger partial charge in [-0.3, -0.25) is 19.7 Å². The lowest BCUT2D eigenvalue weighted by Crippen LogP contribution is -2.99. The number of amides is 3. The molecule has 4 N–H and O–H groups in total. The van der Waals surface area contributed by atoms with Gasteiger partial charge in [0.15, 0.2) is 0 Å². The average Bonchev–Trinajstić information content (AvgIpc) is 3.24. The van der Waals surface area contributed by atoms with Crippen LogP contribution in [0.4, 0.5) is 5.69 Å². The molecule has 0 aliphatic carbocycles. The maximum Gasteiger partial charge on any atom is 0.291 e. The molecule has 3 aliphatic heterocycles. The molecule has 2 fully saturated rings. The number of anilines is 1. The van der Waals surface area contributed by atoms with E-state index < -0.39 is 17.4 Å². The normalized spacial score (nSPS) is 30.4. The largest absolute Gasteiger partial charge is 0.326 e. The topological polar surface area (TPSA) is 91.9 Å². The van der Waals surface area contributed by atoms with E-state index in [1.165, 1.54) is 0 Å². The summed E-state index contributed by atoms with van der Waals surface area (Å²) >= 11 is 0. The Morgan fingerprint density at radius 2 is 1.75 bits per heavy atom. The van der Waals surface area contributed by atoms with Crippen molar-refractivity contribution in [1.29, 1.82) is 0 Å². The molecule has 3 heterocycles. The molecule has 142 valence electrons. The number of imide groups is 1. The Hall–Kier alpha value is -2.99. The Kier molecular flexibility index (Phi) is 3.52. The standard InChI is InChI=1S/C22H21N3O3/c1-11-8-12(2)18-14(9-11)22(21(28)23-18)17-16(19(26)24-20(17)27)15(25-22)10-13-6-4-3-5-7-13/h3-9,15-17,25H,10H2,1-2H3,(H,23,28)(H,24,26,27)/p+1/t15-,16+,17-,22-/m0/s1. The molecule has 3 aliphatic rings. The summed E-state index contributed by atoms with van der Waals surface area (Å²) in [7, 11) is 0. The molecule has 0 aromatic heterocycles. The number of fused-ring (bicyclic) bond motifs is 4. The van der Waals surface area contributed by atoms with Gasteiger partial charge in [0.2, 0.25) is 17.4 Å². The predicted octanol–water partition coefficient (Wildman–Crippen LogP) is 0.528. The fourth-order valence-electron chi connectivity index (χ4n) is 5.42. The maximum atomic E-state index is 13.3. The van der Waals surface area contributed by atoms with E-state index in [2.05, 4.69) is 10.6 Å². The molecule has 0 bridgehead atoms. The highest BCUT2D eigenvalue weighted by atomic mass is 16.2. The summed E-state index contributed by atoms with van der Waals surface area (Å²) in [5.74, 6) is -2.04. The molecule has 1 spiro atoms. The number of aryl methyl sites for hydroxylation is 2. The van der Waals surface area contributed by atoms with Crippen molar-refractivity contribution in [2.45, 2.75) is 31.8 Å². The summed E-state index contributed by atoms with van der Waals surface area (Å²) in [6.07, 6.45) is 0.623. The second-order valence-electron chi connectivity index (χ2n) is 8.20. The number of benzene rings is 2. The van der Waals surface area contributed by atoms with Gasteiger partial charge < -0.3 is 10.6 Å². The van der Waals surface area contributed by atoms with E-state index in [4.69, 9.17) is 0 Å². The van der Waals surface area contributed by atoms with E-state index >= 15 is 0 Å². The van der Waals surface area contributed by atoms with Crippen LogP contribution in [0.3, 0.4) is 0 Å². The zero-order chi connectivity index (χ0) is 19.6. The third-order valence-corrected chi connectivity index (χ3v) is 6.47. The van der Waals surface area contributed by atoms with Crippen LogP contribution in [0, 0.1) is 25.7 Å². The Labute approximate surface area is 162 Å². The Bertz CT molecular complexity index is 1030. The number of carbonyl (C=O) groups excluding carboxylic acids is 3. The molecule has 0 radical (unpaired) electrons. The van der Waals surface area contributed by atoms with Crippen molar-refractivity contribution in [3.8, 4) is 0 Å². The molecule has 4 atom stereocenters. The van der Waals surface area contributed by atoms with Crippen molar-refractivity contribution in [1.82, 2.24) is 5.32 Å². The van der Waals surface area contributed by atoms with Crippen molar-refractivity contribution in [2.75, 3.05) is 5.32 Å². The smallest absolute Gasteiger partial charge is 0.291 e. The number of hydrogen-bond donors (Lipinski definition) is 3. The lowest BCUT2D eigenvalue weighted by Gasteiger charge is -2.24. The third kappa shape index (κ3) is 2.15. The van der Waals surface area contributed by atoms with Gasteiger partial charge in [-0.1, -0.05) is 42.0 Å². The van der Waals surface area contributed by atoms with Gasteiger partial charge in [0.25, 0.3) is 5.91 Å². The van der Waals surface area contributed by atoms with Crippen molar-refractivity contribution >= 4 is 23.4 Å². The molecule has 6 heteroatoms. The number of nitrogens with two attached hydrogens (primary N) is 1. The van der Waals surface area contributed by atoms with Crippen LogP contribution in [0.25, 0.3) is 0 Å². The van der Waals surface area contributed by atoms with E-state index in [-0.39, 0.29) is 23.8 Å². The van der Waals surface area contributed by atoms with Gasteiger partial charge in [-0.25, -0.2) is 0 Å². The first-order valence-electron chi connectivity index (χ1n) is 9.59. The van der Waals surface area contributed by atoms with Gasteiger partial charge in [0.1, 0.15) is 17.9 Å². The summed E-state index contributed by atoms with van der Waals surface area (Å²) in [4.78, 5) is 38.8. The van der Waals surface area contributed by atoms with E-state index in [9.17, 15) is 14.4 Å². The highest BCUT2D eigenvalue weighted by Crippen LogP contribution is 2.48. The molecule has 0 saturated carbocycles. The summed E-state index contributed by atoms with van der Waals surface area (Å²) in [5.41, 5.74) is 3.61. The second kappa shape index (κ2) is 5.75. The third-order valence-electron chi connectivity index (χ3n) is 6.47. The van der Waals surface area contributed by atoms with Gasteiger partial charge in [-0.15, -0.1) is 0 Å². The van der Waals surface area contributed by atoms with Crippen LogP contribution < -0.4 is 16.0 Å². The van der Waals surface area contributed by atoms with Crippen molar-refractivity contribution in [3.05, 3.63) is 64.7 Å². The fourth-order valence-corrected chi connectivity index (χ4v) is 5.42. The van der Waals surface area contributed by atoms with E-state index in [1.807, 2.05) is 61.6 Å². The van der Waals surface area contributed by atoms with Crippen molar-refractivity contribution in [2.24, 2.45) is 11.8 Å². The molecule has 2 aromatic carbocycles. The molecule has 2 saturated heterocycles. The summed E-state index contributed by atoms with van der Waals surface area (Å²) in [6.45, 7) is 3.94. The molecule has 5 rings (SSSR count). The maximum absolute atomic E-state index is 13.3. The average molecular weight is 376 g/mol. The van der Waals surface area contributed by atoms with Crippen LogP contribution in [-0.4, -0.2) is 23.8 Å². The van der Waals surface area contributed by atoms with Gasteiger partial charge in [-0.2, -0.15) is 0 Å². The lowest BCUT2D eigenvalue weighted by atomic mass is 9.75. The molecule has 2 aromatic rings. The van der Waals surface area contributed by atoms with Crippen molar-refractivity contribution < 1.29 is 19.7 Å². The monoisotopic (exact) mass is 376 g/mol. The molecule has 6 nitrogen and oxygen atoms in total. The first-order chi connectivity index (χ1) is 13.4. The molecular formula is C22H22N3O3+. The minimum absolute atomic E-state index is 0.184. The highest BCUT2D eigenvalue weighted by molar-refractivity contribution is 6.14. The first-order valence-corrected chi connectivity index (χ1v) is 9.59.